The van der Waals surface area contributed by atoms with Crippen LogP contribution in [0.5, 0.6) is 0 Å². The summed E-state index contributed by atoms with van der Waals surface area (Å²) in [7, 11) is 0. The third kappa shape index (κ3) is 6.98. The number of carbonyl (C=O) groups excluding carboxylic acids is 1. The van der Waals surface area contributed by atoms with E-state index < -0.39 is 5.60 Å². The third-order valence-corrected chi connectivity index (χ3v) is 3.81. The Bertz CT molecular complexity index is 352. The van der Waals surface area contributed by atoms with Gasteiger partial charge in [0.05, 0.1) is 0 Å². The summed E-state index contributed by atoms with van der Waals surface area (Å²) in [6, 6.07) is 0.864. The summed E-state index contributed by atoms with van der Waals surface area (Å²) in [5.74, 6) is 0. The number of nitrogens with zero attached hydrogens (tertiary/aromatic N) is 1. The fraction of sp³-hybridized carbons (Fsp3) is 0.824. The minimum absolute atomic E-state index is 0.250. The molecule has 122 valence electrons. The lowest BCUT2D eigenvalue weighted by molar-refractivity contribution is 0.0479. The lowest BCUT2D eigenvalue weighted by atomic mass is 9.90. The molecule has 21 heavy (non-hydrogen) atoms. The number of alkyl carbamates (subject to hydrolysis) is 1. The van der Waals surface area contributed by atoms with Crippen molar-refractivity contribution < 1.29 is 9.53 Å². The molecule has 1 aliphatic rings. The second-order valence-electron chi connectivity index (χ2n) is 7.17. The molecule has 0 aromatic rings. The topological polar surface area (TPSA) is 41.6 Å². The van der Waals surface area contributed by atoms with Crippen molar-refractivity contribution >= 4 is 6.09 Å². The van der Waals surface area contributed by atoms with E-state index in [1.807, 2.05) is 20.8 Å². The Labute approximate surface area is 129 Å². The summed E-state index contributed by atoms with van der Waals surface area (Å²) in [4.78, 5) is 14.3. The highest BCUT2D eigenvalue weighted by molar-refractivity contribution is 5.68. The van der Waals surface area contributed by atoms with Gasteiger partial charge in [0.25, 0.3) is 0 Å². The number of amides is 1. The minimum atomic E-state index is -0.429. The van der Waals surface area contributed by atoms with E-state index in [1.54, 1.807) is 0 Å². The minimum Gasteiger partial charge on any atom is -0.444 e. The van der Waals surface area contributed by atoms with Crippen molar-refractivity contribution in [3.63, 3.8) is 0 Å². The molecule has 0 aromatic heterocycles. The van der Waals surface area contributed by atoms with Crippen LogP contribution in [0.2, 0.25) is 0 Å². The maximum atomic E-state index is 11.8. The van der Waals surface area contributed by atoms with Crippen molar-refractivity contribution in [2.75, 3.05) is 13.1 Å². The van der Waals surface area contributed by atoms with Crippen molar-refractivity contribution in [2.24, 2.45) is 0 Å². The molecule has 1 N–H and O–H groups in total. The van der Waals surface area contributed by atoms with E-state index in [0.717, 1.165) is 38.8 Å². The molecule has 0 unspecified atom stereocenters. The summed E-state index contributed by atoms with van der Waals surface area (Å²) in [6.45, 7) is 16.0. The zero-order valence-corrected chi connectivity index (χ0v) is 14.4. The van der Waals surface area contributed by atoms with Crippen LogP contribution >= 0.6 is 0 Å². The van der Waals surface area contributed by atoms with E-state index in [4.69, 9.17) is 4.74 Å². The molecule has 0 radical (unpaired) electrons. The number of likely N-dealkylation sites (N-methyl/N-ethyl adjacent to an activating group) is 1. The molecule has 1 saturated carbocycles. The summed E-state index contributed by atoms with van der Waals surface area (Å²) < 4.78 is 5.32. The lowest BCUT2D eigenvalue weighted by Crippen LogP contribution is -2.45. The van der Waals surface area contributed by atoms with Crippen LogP contribution in [0.15, 0.2) is 12.2 Å². The molecular formula is C17H32N2O2. The largest absolute Gasteiger partial charge is 0.444 e. The summed E-state index contributed by atoms with van der Waals surface area (Å²) >= 11 is 0. The Morgan fingerprint density at radius 1 is 1.29 bits per heavy atom. The lowest BCUT2D eigenvalue weighted by Gasteiger charge is -2.36. The molecule has 0 aliphatic heterocycles. The number of nitrogens with one attached hydrogen (secondary N) is 1. The second-order valence-corrected chi connectivity index (χ2v) is 7.17. The Morgan fingerprint density at radius 3 is 2.29 bits per heavy atom. The Balaban J connectivity index is 2.38. The highest BCUT2D eigenvalue weighted by atomic mass is 16.6. The van der Waals surface area contributed by atoms with Gasteiger partial charge in [0, 0.05) is 18.6 Å². The molecular weight excluding hydrogens is 264 g/mol. The smallest absolute Gasteiger partial charge is 0.407 e. The van der Waals surface area contributed by atoms with Gasteiger partial charge >= 0.3 is 6.09 Å². The van der Waals surface area contributed by atoms with Crippen LogP contribution in [0.4, 0.5) is 4.79 Å². The van der Waals surface area contributed by atoms with Crippen LogP contribution < -0.4 is 5.32 Å². The van der Waals surface area contributed by atoms with Crippen LogP contribution in [0.25, 0.3) is 0 Å². The van der Waals surface area contributed by atoms with Gasteiger partial charge in [-0.2, -0.15) is 0 Å². The number of hydrogen-bond acceptors (Lipinski definition) is 3. The molecule has 0 saturated heterocycles. The molecule has 0 aromatic carbocycles. The normalized spacial score (nSPS) is 23.0. The Kier molecular flexibility index (Phi) is 6.72. The van der Waals surface area contributed by atoms with Crippen LogP contribution in [-0.2, 0) is 4.74 Å². The number of rotatable bonds is 5. The summed E-state index contributed by atoms with van der Waals surface area (Å²) in [5.41, 5.74) is 0.785. The van der Waals surface area contributed by atoms with Crippen molar-refractivity contribution in [2.45, 2.75) is 78.0 Å². The van der Waals surface area contributed by atoms with E-state index in [1.165, 1.54) is 5.57 Å². The highest BCUT2D eigenvalue weighted by Gasteiger charge is 2.27. The summed E-state index contributed by atoms with van der Waals surface area (Å²) in [6.07, 6.45) is 4.01. The van der Waals surface area contributed by atoms with E-state index >= 15 is 0 Å². The second kappa shape index (κ2) is 7.83. The van der Waals surface area contributed by atoms with Gasteiger partial charge in [0.15, 0.2) is 0 Å². The third-order valence-electron chi connectivity index (χ3n) is 3.81. The average Bonchev–Trinajstić information content (AvgIpc) is 2.34. The van der Waals surface area contributed by atoms with Gasteiger partial charge in [0.2, 0.25) is 0 Å². The molecule has 4 nitrogen and oxygen atoms in total. The number of ether oxygens (including phenoxy) is 1. The standard InChI is InChI=1S/C17H32N2O2/c1-7-19(12-13(2)3)15-10-8-14(9-11-15)18-16(20)21-17(4,5)6/h14-15H,2,7-12H2,1,3-6H3,(H,18,20). The van der Waals surface area contributed by atoms with Gasteiger partial charge in [-0.05, 0) is 59.9 Å². The molecule has 0 spiro atoms. The summed E-state index contributed by atoms with van der Waals surface area (Å²) in [5, 5.41) is 3.00. The average molecular weight is 296 g/mol. The molecule has 4 heteroatoms. The zero-order chi connectivity index (χ0) is 16.0. The van der Waals surface area contributed by atoms with Crippen molar-refractivity contribution in [1.29, 1.82) is 0 Å². The molecule has 1 amide bonds. The first kappa shape index (κ1) is 18.0. The molecule has 1 rings (SSSR count). The number of hydrogen-bond donors (Lipinski definition) is 1. The van der Waals surface area contributed by atoms with Gasteiger partial charge in [-0.25, -0.2) is 4.79 Å². The van der Waals surface area contributed by atoms with Crippen LogP contribution in [0.1, 0.15) is 60.3 Å². The quantitative estimate of drug-likeness (QED) is 0.786. The predicted molar refractivity (Wildman–Crippen MR) is 87.5 cm³/mol. The molecule has 0 bridgehead atoms. The van der Waals surface area contributed by atoms with E-state index in [0.29, 0.717) is 6.04 Å². The van der Waals surface area contributed by atoms with Gasteiger partial charge in [-0.3, -0.25) is 4.90 Å². The first-order chi connectivity index (χ1) is 9.71. The monoisotopic (exact) mass is 296 g/mol. The SMILES string of the molecule is C=C(C)CN(CC)C1CCC(NC(=O)OC(C)(C)C)CC1. The van der Waals surface area contributed by atoms with E-state index in [2.05, 4.69) is 30.6 Å². The molecule has 1 fully saturated rings. The first-order valence-electron chi connectivity index (χ1n) is 8.09. The molecule has 0 atom stereocenters. The van der Waals surface area contributed by atoms with Crippen LogP contribution in [-0.4, -0.2) is 41.8 Å². The van der Waals surface area contributed by atoms with Gasteiger partial charge in [-0.15, -0.1) is 0 Å². The molecule has 0 heterocycles. The fourth-order valence-corrected chi connectivity index (χ4v) is 2.91. The Hall–Kier alpha value is -1.03. The van der Waals surface area contributed by atoms with Crippen molar-refractivity contribution in [1.82, 2.24) is 10.2 Å². The molecule has 1 aliphatic carbocycles. The fourth-order valence-electron chi connectivity index (χ4n) is 2.91. The zero-order valence-electron chi connectivity index (χ0n) is 14.4. The van der Waals surface area contributed by atoms with Crippen LogP contribution in [0, 0.1) is 0 Å². The highest BCUT2D eigenvalue weighted by Crippen LogP contribution is 2.24. The van der Waals surface area contributed by atoms with E-state index in [9.17, 15) is 4.79 Å². The van der Waals surface area contributed by atoms with Crippen LogP contribution in [0.3, 0.4) is 0 Å². The maximum Gasteiger partial charge on any atom is 0.407 e. The van der Waals surface area contributed by atoms with Gasteiger partial charge in [0.1, 0.15) is 5.60 Å². The number of carbonyl (C=O) groups is 1. The Morgan fingerprint density at radius 2 is 1.86 bits per heavy atom. The predicted octanol–water partition coefficient (Wildman–Crippen LogP) is 3.72. The van der Waals surface area contributed by atoms with Gasteiger partial charge in [-0.1, -0.05) is 19.1 Å². The first-order valence-corrected chi connectivity index (χ1v) is 8.09. The maximum absolute atomic E-state index is 11.8. The van der Waals surface area contributed by atoms with Gasteiger partial charge < -0.3 is 10.1 Å². The van der Waals surface area contributed by atoms with Crippen molar-refractivity contribution in [3.05, 3.63) is 12.2 Å². The van der Waals surface area contributed by atoms with E-state index in [-0.39, 0.29) is 12.1 Å². The van der Waals surface area contributed by atoms with Crippen molar-refractivity contribution in [3.8, 4) is 0 Å².